The lowest BCUT2D eigenvalue weighted by atomic mass is 9.87. The first-order chi connectivity index (χ1) is 16.1. The van der Waals surface area contributed by atoms with Crippen LogP contribution in [0, 0.1) is 5.82 Å². The minimum Gasteiger partial charge on any atom is -0.384 e. The van der Waals surface area contributed by atoms with Gasteiger partial charge in [-0.05, 0) is 65.1 Å². The molecule has 0 unspecified atom stereocenters. The van der Waals surface area contributed by atoms with Gasteiger partial charge in [-0.25, -0.2) is 12.8 Å². The van der Waals surface area contributed by atoms with Crippen molar-refractivity contribution in [1.29, 1.82) is 0 Å². The largest absolute Gasteiger partial charge is 0.384 e. The summed E-state index contributed by atoms with van der Waals surface area (Å²) >= 11 is 0. The molecule has 0 saturated heterocycles. The zero-order valence-electron chi connectivity index (χ0n) is 20.1. The van der Waals surface area contributed by atoms with Crippen molar-refractivity contribution in [3.05, 3.63) is 94.8 Å². The Morgan fingerprint density at radius 2 is 1.62 bits per heavy atom. The molecule has 4 nitrogen and oxygen atoms in total. The Balaban J connectivity index is 1.66. The van der Waals surface area contributed by atoms with E-state index in [1.807, 2.05) is 24.3 Å². The zero-order valence-corrected chi connectivity index (χ0v) is 21.0. The van der Waals surface area contributed by atoms with Crippen molar-refractivity contribution >= 4 is 15.7 Å². The molecule has 0 aromatic heterocycles. The smallest absolute Gasteiger partial charge is 0.245 e. The summed E-state index contributed by atoms with van der Waals surface area (Å²) in [5.41, 5.74) is 4.84. The van der Waals surface area contributed by atoms with Gasteiger partial charge in [-0.15, -0.1) is 0 Å². The van der Waals surface area contributed by atoms with Crippen LogP contribution < -0.4 is 5.32 Å². The molecule has 0 aliphatic carbocycles. The summed E-state index contributed by atoms with van der Waals surface area (Å²) in [6.45, 7) is 7.83. The maximum atomic E-state index is 13.9. The minimum absolute atomic E-state index is 0.0294. The third kappa shape index (κ3) is 5.50. The first-order valence-electron chi connectivity index (χ1n) is 11.8. The standard InChI is InChI=1S/C28H33FN2O2S/c1-28(2,3)24-13-9-22(10-14-24)20-31(19-17-21-11-15-25(29)16-12-21)34(32,33)26-8-4-6-23-7-5-18-30-27(23)26/h4,6,8-16,30H,5,7,17-20H2,1-3H3. The van der Waals surface area contributed by atoms with Gasteiger partial charge >= 0.3 is 0 Å². The summed E-state index contributed by atoms with van der Waals surface area (Å²) in [5, 5.41) is 3.31. The topological polar surface area (TPSA) is 49.4 Å². The normalized spacial score (nSPS) is 14.0. The van der Waals surface area contributed by atoms with Gasteiger partial charge in [0.05, 0.1) is 5.69 Å². The lowest BCUT2D eigenvalue weighted by molar-refractivity contribution is 0.409. The van der Waals surface area contributed by atoms with Gasteiger partial charge in [0.25, 0.3) is 0 Å². The lowest BCUT2D eigenvalue weighted by Crippen LogP contribution is -2.33. The average molecular weight is 481 g/mol. The molecular formula is C28H33FN2O2S. The summed E-state index contributed by atoms with van der Waals surface area (Å²) in [6.07, 6.45) is 2.36. The Bertz CT molecular complexity index is 1230. The molecular weight excluding hydrogens is 447 g/mol. The maximum Gasteiger partial charge on any atom is 0.245 e. The number of aryl methyl sites for hydroxylation is 1. The Morgan fingerprint density at radius 1 is 0.941 bits per heavy atom. The minimum atomic E-state index is -3.76. The number of hydrogen-bond acceptors (Lipinski definition) is 3. The van der Waals surface area contributed by atoms with Crippen LogP contribution in [0.15, 0.2) is 71.6 Å². The van der Waals surface area contributed by atoms with E-state index in [1.165, 1.54) is 17.7 Å². The van der Waals surface area contributed by atoms with E-state index >= 15 is 0 Å². The fraction of sp³-hybridized carbons (Fsp3) is 0.357. The van der Waals surface area contributed by atoms with E-state index in [9.17, 15) is 12.8 Å². The van der Waals surface area contributed by atoms with Gasteiger partial charge < -0.3 is 5.32 Å². The van der Waals surface area contributed by atoms with Crippen LogP contribution in [0.4, 0.5) is 10.1 Å². The van der Waals surface area contributed by atoms with Gasteiger partial charge in [-0.1, -0.05) is 69.3 Å². The molecule has 0 bridgehead atoms. The predicted octanol–water partition coefficient (Wildman–Crippen LogP) is 5.91. The van der Waals surface area contributed by atoms with Crippen molar-refractivity contribution in [1.82, 2.24) is 4.31 Å². The molecule has 1 aliphatic heterocycles. The van der Waals surface area contributed by atoms with E-state index in [1.54, 1.807) is 22.5 Å². The monoisotopic (exact) mass is 480 g/mol. The number of halogens is 1. The van der Waals surface area contributed by atoms with Crippen molar-refractivity contribution in [2.24, 2.45) is 0 Å². The highest BCUT2D eigenvalue weighted by Gasteiger charge is 2.29. The number of anilines is 1. The molecule has 0 saturated carbocycles. The van der Waals surface area contributed by atoms with Crippen LogP contribution >= 0.6 is 0 Å². The van der Waals surface area contributed by atoms with E-state index in [0.717, 1.165) is 41.8 Å². The van der Waals surface area contributed by atoms with Gasteiger partial charge in [0.1, 0.15) is 10.7 Å². The van der Waals surface area contributed by atoms with Crippen molar-refractivity contribution in [3.8, 4) is 0 Å². The molecule has 4 rings (SSSR count). The lowest BCUT2D eigenvalue weighted by Gasteiger charge is -2.27. The highest BCUT2D eigenvalue weighted by Crippen LogP contribution is 2.32. The number of hydrogen-bond donors (Lipinski definition) is 1. The predicted molar refractivity (Wildman–Crippen MR) is 136 cm³/mol. The fourth-order valence-corrected chi connectivity index (χ4v) is 5.98. The second-order valence-electron chi connectivity index (χ2n) is 9.98. The number of benzene rings is 3. The summed E-state index contributed by atoms with van der Waals surface area (Å²) in [7, 11) is -3.76. The Labute approximate surface area is 202 Å². The quantitative estimate of drug-likeness (QED) is 0.457. The average Bonchev–Trinajstić information content (AvgIpc) is 2.82. The highest BCUT2D eigenvalue weighted by molar-refractivity contribution is 7.89. The van der Waals surface area contributed by atoms with Crippen LogP contribution in [0.5, 0.6) is 0 Å². The van der Waals surface area contributed by atoms with Gasteiger partial charge in [-0.3, -0.25) is 0 Å². The first-order valence-corrected chi connectivity index (χ1v) is 13.3. The molecule has 3 aromatic carbocycles. The number of rotatable bonds is 7. The third-order valence-corrected chi connectivity index (χ3v) is 8.28. The van der Waals surface area contributed by atoms with E-state index in [-0.39, 0.29) is 17.8 Å². The SMILES string of the molecule is CC(C)(C)c1ccc(CN(CCc2ccc(F)cc2)S(=O)(=O)c2cccc3c2NCCC3)cc1. The number of nitrogens with one attached hydrogen (secondary N) is 1. The van der Waals surface area contributed by atoms with E-state index in [4.69, 9.17) is 0 Å². The molecule has 1 heterocycles. The number of sulfonamides is 1. The second-order valence-corrected chi connectivity index (χ2v) is 11.9. The summed E-state index contributed by atoms with van der Waals surface area (Å²) < 4.78 is 42.8. The second kappa shape index (κ2) is 9.88. The molecule has 0 fully saturated rings. The molecule has 3 aromatic rings. The van der Waals surface area contributed by atoms with Crippen LogP contribution in [-0.2, 0) is 34.8 Å². The van der Waals surface area contributed by atoms with Crippen LogP contribution in [-0.4, -0.2) is 25.8 Å². The van der Waals surface area contributed by atoms with Crippen LogP contribution in [0.2, 0.25) is 0 Å². The van der Waals surface area contributed by atoms with Gasteiger partial charge in [0, 0.05) is 19.6 Å². The molecule has 1 aliphatic rings. The van der Waals surface area contributed by atoms with Crippen LogP contribution in [0.1, 0.15) is 49.4 Å². The zero-order chi connectivity index (χ0) is 24.3. The fourth-order valence-electron chi connectivity index (χ4n) is 4.33. The number of nitrogens with zero attached hydrogens (tertiary/aromatic N) is 1. The third-order valence-electron chi connectivity index (χ3n) is 6.40. The molecule has 1 N–H and O–H groups in total. The number of para-hydroxylation sites is 1. The van der Waals surface area contributed by atoms with Gasteiger partial charge in [0.15, 0.2) is 0 Å². The van der Waals surface area contributed by atoms with Crippen molar-refractivity contribution in [2.45, 2.75) is 56.9 Å². The van der Waals surface area contributed by atoms with Gasteiger partial charge in [0.2, 0.25) is 10.0 Å². The van der Waals surface area contributed by atoms with Crippen LogP contribution in [0.3, 0.4) is 0 Å². The van der Waals surface area contributed by atoms with Crippen LogP contribution in [0.25, 0.3) is 0 Å². The van der Waals surface area contributed by atoms with Crippen molar-refractivity contribution < 1.29 is 12.8 Å². The van der Waals surface area contributed by atoms with Crippen molar-refractivity contribution in [3.63, 3.8) is 0 Å². The van der Waals surface area contributed by atoms with E-state index in [0.29, 0.717) is 17.9 Å². The Hall–Kier alpha value is -2.70. The summed E-state index contributed by atoms with van der Waals surface area (Å²) in [4.78, 5) is 0.329. The number of fused-ring (bicyclic) bond motifs is 1. The van der Waals surface area contributed by atoms with Crippen molar-refractivity contribution in [2.75, 3.05) is 18.4 Å². The molecule has 180 valence electrons. The molecule has 34 heavy (non-hydrogen) atoms. The Kier molecular flexibility index (Phi) is 7.10. The highest BCUT2D eigenvalue weighted by atomic mass is 32.2. The first kappa shape index (κ1) is 24.4. The van der Waals surface area contributed by atoms with E-state index in [2.05, 4.69) is 38.2 Å². The molecule has 0 radical (unpaired) electrons. The molecule has 0 atom stereocenters. The Morgan fingerprint density at radius 3 is 2.29 bits per heavy atom. The maximum absolute atomic E-state index is 13.9. The molecule has 6 heteroatoms. The van der Waals surface area contributed by atoms with Gasteiger partial charge in [-0.2, -0.15) is 4.31 Å². The summed E-state index contributed by atoms with van der Waals surface area (Å²) in [5.74, 6) is -0.297. The summed E-state index contributed by atoms with van der Waals surface area (Å²) in [6, 6.07) is 19.9. The molecule has 0 spiro atoms. The van der Waals surface area contributed by atoms with E-state index < -0.39 is 10.0 Å². The molecule has 0 amide bonds.